The quantitative estimate of drug-likeness (QED) is 0.752. The molecule has 0 aliphatic carbocycles. The highest BCUT2D eigenvalue weighted by atomic mass is 19.4. The third-order valence-electron chi connectivity index (χ3n) is 2.23. The molecule has 1 aromatic carbocycles. The van der Waals surface area contributed by atoms with Gasteiger partial charge in [-0.1, -0.05) is 35.9 Å². The van der Waals surface area contributed by atoms with Crippen molar-refractivity contribution in [1.29, 1.82) is 0 Å². The molecule has 0 atom stereocenters. The van der Waals surface area contributed by atoms with Crippen molar-refractivity contribution in [2.24, 2.45) is 0 Å². The van der Waals surface area contributed by atoms with Gasteiger partial charge in [-0.15, -0.1) is 6.58 Å². The van der Waals surface area contributed by atoms with Crippen LogP contribution in [0.2, 0.25) is 0 Å². The number of nitrogens with one attached hydrogen (secondary N) is 1. The number of halogens is 3. The zero-order chi connectivity index (χ0) is 14.5. The average molecular weight is 268 g/mol. The lowest BCUT2D eigenvalue weighted by Crippen LogP contribution is -2.04. The molecule has 0 amide bonds. The van der Waals surface area contributed by atoms with E-state index in [1.165, 1.54) is 0 Å². The van der Waals surface area contributed by atoms with E-state index in [9.17, 15) is 13.2 Å². The maximum Gasteiger partial charge on any atom is 0.432 e. The Balaban J connectivity index is 0.000000550. The highest BCUT2D eigenvalue weighted by Gasteiger charge is 2.33. The molecule has 0 fully saturated rings. The number of hydrogen-bond donors (Lipinski definition) is 1. The summed E-state index contributed by atoms with van der Waals surface area (Å²) in [6.45, 7) is 7.16. The third-order valence-corrected chi connectivity index (χ3v) is 2.23. The minimum atomic E-state index is -4.38. The van der Waals surface area contributed by atoms with Crippen LogP contribution >= 0.6 is 0 Å². The number of nitrogens with zero attached hydrogens (tertiary/aromatic N) is 1. The summed E-state index contributed by atoms with van der Waals surface area (Å²) < 4.78 is 36.9. The van der Waals surface area contributed by atoms with Crippen molar-refractivity contribution < 1.29 is 13.2 Å². The van der Waals surface area contributed by atoms with E-state index in [0.29, 0.717) is 11.3 Å². The van der Waals surface area contributed by atoms with Gasteiger partial charge in [-0.2, -0.15) is 18.3 Å². The molecule has 0 saturated carbocycles. The van der Waals surface area contributed by atoms with E-state index in [1.54, 1.807) is 18.2 Å². The highest BCUT2D eigenvalue weighted by Crippen LogP contribution is 2.30. The van der Waals surface area contributed by atoms with Crippen LogP contribution < -0.4 is 0 Å². The molecule has 1 aromatic heterocycles. The molecule has 102 valence electrons. The molecule has 0 saturated heterocycles. The maximum atomic E-state index is 12.3. The van der Waals surface area contributed by atoms with E-state index in [2.05, 4.69) is 11.7 Å². The Morgan fingerprint density at radius 2 is 1.74 bits per heavy atom. The van der Waals surface area contributed by atoms with Gasteiger partial charge in [0.05, 0.1) is 5.69 Å². The number of aryl methyl sites for hydroxylation is 1. The van der Waals surface area contributed by atoms with Crippen molar-refractivity contribution in [3.63, 3.8) is 0 Å². The summed E-state index contributed by atoms with van der Waals surface area (Å²) in [5, 5.41) is 5.62. The van der Waals surface area contributed by atoms with Crippen molar-refractivity contribution in [1.82, 2.24) is 10.2 Å². The first-order valence-corrected chi connectivity index (χ1v) is 5.65. The number of aromatic amines is 1. The minimum absolute atomic E-state index is 0.298. The number of benzene rings is 1. The maximum absolute atomic E-state index is 12.3. The number of alkyl halides is 3. The van der Waals surface area contributed by atoms with Gasteiger partial charge in [-0.05, 0) is 19.9 Å². The highest BCUT2D eigenvalue weighted by molar-refractivity contribution is 5.59. The van der Waals surface area contributed by atoms with Crippen molar-refractivity contribution in [2.45, 2.75) is 20.0 Å². The van der Waals surface area contributed by atoms with E-state index in [4.69, 9.17) is 0 Å². The smallest absolute Gasteiger partial charge is 0.273 e. The zero-order valence-electron chi connectivity index (χ0n) is 10.8. The molecule has 0 bridgehead atoms. The summed E-state index contributed by atoms with van der Waals surface area (Å²) >= 11 is 0. The monoisotopic (exact) mass is 268 g/mol. The molecule has 2 aromatic rings. The summed E-state index contributed by atoms with van der Waals surface area (Å²) in [5.41, 5.74) is 1.18. The number of rotatable bonds is 1. The van der Waals surface area contributed by atoms with Crippen molar-refractivity contribution >= 4 is 0 Å². The Morgan fingerprint density at radius 3 is 2.16 bits per heavy atom. The Morgan fingerprint density at radius 1 is 1.21 bits per heavy atom. The first-order valence-electron chi connectivity index (χ1n) is 5.65. The lowest BCUT2D eigenvalue weighted by molar-refractivity contribution is -0.141. The van der Waals surface area contributed by atoms with Gasteiger partial charge in [0.25, 0.3) is 0 Å². The molecule has 1 heterocycles. The van der Waals surface area contributed by atoms with Crippen LogP contribution in [0.25, 0.3) is 11.3 Å². The van der Waals surface area contributed by atoms with E-state index in [0.717, 1.165) is 11.6 Å². The van der Waals surface area contributed by atoms with Gasteiger partial charge < -0.3 is 0 Å². The minimum Gasteiger partial charge on any atom is -0.273 e. The van der Waals surface area contributed by atoms with Crippen LogP contribution in [-0.2, 0) is 6.18 Å². The van der Waals surface area contributed by atoms with Crippen LogP contribution in [0.3, 0.4) is 0 Å². The van der Waals surface area contributed by atoms with Gasteiger partial charge in [-0.3, -0.25) is 5.10 Å². The zero-order valence-corrected chi connectivity index (χ0v) is 10.8. The predicted molar refractivity (Wildman–Crippen MR) is 69.6 cm³/mol. The second-order valence-electron chi connectivity index (χ2n) is 3.94. The Labute approximate surface area is 110 Å². The summed E-state index contributed by atoms with van der Waals surface area (Å²) in [5.74, 6) is 0. The summed E-state index contributed by atoms with van der Waals surface area (Å²) in [6.07, 6.45) is -2.63. The number of H-pyrrole nitrogens is 1. The summed E-state index contributed by atoms with van der Waals surface area (Å²) in [4.78, 5) is 0. The van der Waals surface area contributed by atoms with Crippen LogP contribution in [-0.4, -0.2) is 10.2 Å². The molecular formula is C14H15F3N2. The van der Waals surface area contributed by atoms with Crippen LogP contribution in [0.1, 0.15) is 18.2 Å². The molecule has 0 radical (unpaired) electrons. The normalized spacial score (nSPS) is 10.6. The molecule has 1 N–H and O–H groups in total. The van der Waals surface area contributed by atoms with Gasteiger partial charge in [-0.25, -0.2) is 0 Å². The van der Waals surface area contributed by atoms with Crippen LogP contribution in [0.4, 0.5) is 13.2 Å². The molecular weight excluding hydrogens is 253 g/mol. The molecule has 0 aliphatic heterocycles. The SMILES string of the molecule is C=CC.Cc1ccc(-c2cc(C(F)(F)F)[nH]n2)cc1. The number of aromatic nitrogens is 2. The van der Waals surface area contributed by atoms with E-state index < -0.39 is 11.9 Å². The second-order valence-corrected chi connectivity index (χ2v) is 3.94. The Hall–Kier alpha value is -2.04. The molecule has 0 aliphatic rings. The topological polar surface area (TPSA) is 28.7 Å². The van der Waals surface area contributed by atoms with Gasteiger partial charge >= 0.3 is 6.18 Å². The predicted octanol–water partition coefficient (Wildman–Crippen LogP) is 4.60. The molecule has 19 heavy (non-hydrogen) atoms. The van der Waals surface area contributed by atoms with E-state index in [1.807, 2.05) is 31.1 Å². The fourth-order valence-electron chi connectivity index (χ4n) is 1.34. The van der Waals surface area contributed by atoms with Gasteiger partial charge in [0.15, 0.2) is 0 Å². The van der Waals surface area contributed by atoms with Crippen LogP contribution in [0.15, 0.2) is 43.0 Å². The van der Waals surface area contributed by atoms with E-state index in [-0.39, 0.29) is 0 Å². The lowest BCUT2D eigenvalue weighted by atomic mass is 10.1. The second kappa shape index (κ2) is 6.22. The fourth-order valence-corrected chi connectivity index (χ4v) is 1.34. The molecule has 0 unspecified atom stereocenters. The van der Waals surface area contributed by atoms with Gasteiger partial charge in [0, 0.05) is 5.56 Å². The molecule has 2 nitrogen and oxygen atoms in total. The summed E-state index contributed by atoms with van der Waals surface area (Å²) in [7, 11) is 0. The van der Waals surface area contributed by atoms with Crippen molar-refractivity contribution in [2.75, 3.05) is 0 Å². The van der Waals surface area contributed by atoms with Crippen molar-refractivity contribution in [3.05, 3.63) is 54.2 Å². The van der Waals surface area contributed by atoms with Crippen LogP contribution in [0, 0.1) is 6.92 Å². The first kappa shape index (κ1) is 15.0. The Kier molecular flexibility index (Phi) is 4.92. The fraction of sp³-hybridized carbons (Fsp3) is 0.214. The average Bonchev–Trinajstić information content (AvgIpc) is 2.80. The first-order chi connectivity index (χ1) is 8.88. The molecule has 0 spiro atoms. The van der Waals surface area contributed by atoms with E-state index >= 15 is 0 Å². The molecule has 2 rings (SSSR count). The van der Waals surface area contributed by atoms with Gasteiger partial charge in [0.1, 0.15) is 5.69 Å². The largest absolute Gasteiger partial charge is 0.432 e. The van der Waals surface area contributed by atoms with Crippen LogP contribution in [0.5, 0.6) is 0 Å². The Bertz CT molecular complexity index is 524. The van der Waals surface area contributed by atoms with Crippen molar-refractivity contribution in [3.8, 4) is 11.3 Å². The van der Waals surface area contributed by atoms with Gasteiger partial charge in [0.2, 0.25) is 0 Å². The summed E-state index contributed by atoms with van der Waals surface area (Å²) in [6, 6.07) is 8.15. The third kappa shape index (κ3) is 4.28. The standard InChI is InChI=1S/C11H9F3N2.C3H6/c1-7-2-4-8(5-3-7)9-6-10(16-15-9)11(12,13)14;1-3-2/h2-6H,1H3,(H,15,16);3H,1H2,2H3. The number of allylic oxidation sites excluding steroid dienone is 1. The lowest BCUT2D eigenvalue weighted by Gasteiger charge is -2.00. The number of hydrogen-bond acceptors (Lipinski definition) is 1. The molecule has 5 heteroatoms.